The number of rotatable bonds is 3. The predicted molar refractivity (Wildman–Crippen MR) is 76.5 cm³/mol. The Morgan fingerprint density at radius 2 is 2.23 bits per heavy atom. The highest BCUT2D eigenvalue weighted by Crippen LogP contribution is 2.26. The first-order valence-electron chi connectivity index (χ1n) is 7.06. The van der Waals surface area contributed by atoms with Gasteiger partial charge < -0.3 is 20.1 Å². The number of carboxylic acids is 1. The third-order valence-electron chi connectivity index (χ3n) is 4.05. The fraction of sp³-hybridized carbons (Fsp3) is 0.400. The summed E-state index contributed by atoms with van der Waals surface area (Å²) in [6, 6.07) is 5.18. The van der Waals surface area contributed by atoms with Crippen LogP contribution in [0, 0.1) is 5.92 Å². The van der Waals surface area contributed by atoms with E-state index in [1.807, 2.05) is 0 Å². The largest absolute Gasteiger partial charge is 0.481 e. The fourth-order valence-electron chi connectivity index (χ4n) is 2.74. The first-order valence-corrected chi connectivity index (χ1v) is 7.06. The molecule has 22 heavy (non-hydrogen) atoms. The zero-order valence-corrected chi connectivity index (χ0v) is 12.0. The van der Waals surface area contributed by atoms with Crippen LogP contribution >= 0.6 is 0 Å². The van der Waals surface area contributed by atoms with E-state index in [-0.39, 0.29) is 18.4 Å². The van der Waals surface area contributed by atoms with Crippen LogP contribution in [0.1, 0.15) is 22.8 Å². The van der Waals surface area contributed by atoms with Crippen molar-refractivity contribution in [3.63, 3.8) is 0 Å². The number of carboxylic acid groups (broad SMARTS) is 1. The van der Waals surface area contributed by atoms with Crippen molar-refractivity contribution >= 4 is 23.5 Å². The topological polar surface area (TPSA) is 95.9 Å². The molecule has 2 atom stereocenters. The maximum Gasteiger partial charge on any atom is 0.309 e. The van der Waals surface area contributed by atoms with Gasteiger partial charge >= 0.3 is 5.97 Å². The number of aliphatic carboxylic acids is 1. The van der Waals surface area contributed by atoms with Gasteiger partial charge in [-0.15, -0.1) is 0 Å². The van der Waals surface area contributed by atoms with Crippen molar-refractivity contribution in [3.8, 4) is 0 Å². The molecule has 7 nitrogen and oxygen atoms in total. The number of hydrogen-bond donors (Lipinski definition) is 2. The maximum absolute atomic E-state index is 12.5. The quantitative estimate of drug-likeness (QED) is 0.842. The Kier molecular flexibility index (Phi) is 3.58. The molecule has 0 spiro atoms. The Morgan fingerprint density at radius 3 is 2.95 bits per heavy atom. The zero-order chi connectivity index (χ0) is 15.9. The second-order valence-electron chi connectivity index (χ2n) is 5.43. The molecular weight excluding hydrogens is 288 g/mol. The van der Waals surface area contributed by atoms with Crippen LogP contribution in [0.2, 0.25) is 0 Å². The van der Waals surface area contributed by atoms with Crippen molar-refractivity contribution in [2.75, 3.05) is 18.1 Å². The van der Waals surface area contributed by atoms with Crippen LogP contribution in [-0.4, -0.2) is 42.1 Å². The van der Waals surface area contributed by atoms with Crippen molar-refractivity contribution in [1.29, 1.82) is 0 Å². The molecule has 2 N–H and O–H groups in total. The van der Waals surface area contributed by atoms with Gasteiger partial charge in [-0.2, -0.15) is 0 Å². The molecule has 2 aliphatic heterocycles. The number of carbonyl (C=O) groups is 3. The molecule has 0 radical (unpaired) electrons. The summed E-state index contributed by atoms with van der Waals surface area (Å²) in [7, 11) is 0. The van der Waals surface area contributed by atoms with Gasteiger partial charge in [0.1, 0.15) is 6.10 Å². The molecule has 2 amide bonds. The first kappa shape index (κ1) is 14.5. The summed E-state index contributed by atoms with van der Waals surface area (Å²) in [5, 5.41) is 11.8. The summed E-state index contributed by atoms with van der Waals surface area (Å²) in [6.45, 7) is 2.54. The summed E-state index contributed by atoms with van der Waals surface area (Å²) >= 11 is 0. The number of amides is 2. The van der Waals surface area contributed by atoms with Gasteiger partial charge in [0.15, 0.2) is 0 Å². The van der Waals surface area contributed by atoms with Gasteiger partial charge in [-0.05, 0) is 30.7 Å². The second-order valence-corrected chi connectivity index (χ2v) is 5.43. The third-order valence-corrected chi connectivity index (χ3v) is 4.05. The van der Waals surface area contributed by atoms with Crippen molar-refractivity contribution in [2.45, 2.75) is 19.6 Å². The summed E-state index contributed by atoms with van der Waals surface area (Å²) in [4.78, 5) is 36.7. The lowest BCUT2D eigenvalue weighted by molar-refractivity contribution is -0.154. The molecule has 2 aliphatic rings. The average Bonchev–Trinajstić information content (AvgIpc) is 2.87. The average molecular weight is 304 g/mol. The number of carbonyl (C=O) groups excluding carboxylic acids is 2. The van der Waals surface area contributed by atoms with Gasteiger partial charge in [-0.3, -0.25) is 14.4 Å². The SMILES string of the molecule is CC(C(=O)O)C1OCCN(c2ccc3c(c2)CNC3=O)C1=O. The van der Waals surface area contributed by atoms with E-state index in [9.17, 15) is 14.4 Å². The van der Waals surface area contributed by atoms with Gasteiger partial charge in [0.05, 0.1) is 12.5 Å². The molecular formula is C15H16N2O5. The molecule has 1 aromatic carbocycles. The van der Waals surface area contributed by atoms with E-state index in [0.29, 0.717) is 24.3 Å². The molecule has 116 valence electrons. The Bertz CT molecular complexity index is 657. The number of hydrogen-bond acceptors (Lipinski definition) is 4. The molecule has 1 aromatic rings. The van der Waals surface area contributed by atoms with Crippen molar-refractivity contribution in [1.82, 2.24) is 5.32 Å². The number of ether oxygens (including phenoxy) is 1. The number of morpholine rings is 1. The van der Waals surface area contributed by atoms with Gasteiger partial charge in [-0.1, -0.05) is 0 Å². The van der Waals surface area contributed by atoms with Crippen LogP contribution in [-0.2, 0) is 20.9 Å². The van der Waals surface area contributed by atoms with E-state index < -0.39 is 18.0 Å². The van der Waals surface area contributed by atoms with Crippen LogP contribution in [0.3, 0.4) is 0 Å². The molecule has 7 heteroatoms. The minimum Gasteiger partial charge on any atom is -0.481 e. The van der Waals surface area contributed by atoms with E-state index in [1.165, 1.54) is 11.8 Å². The highest BCUT2D eigenvalue weighted by atomic mass is 16.5. The lowest BCUT2D eigenvalue weighted by Gasteiger charge is -2.34. The molecule has 1 fully saturated rings. The van der Waals surface area contributed by atoms with Crippen LogP contribution < -0.4 is 10.2 Å². The van der Waals surface area contributed by atoms with E-state index in [1.54, 1.807) is 18.2 Å². The zero-order valence-electron chi connectivity index (χ0n) is 12.0. The lowest BCUT2D eigenvalue weighted by atomic mass is 10.0. The highest BCUT2D eigenvalue weighted by molar-refractivity contribution is 6.02. The third kappa shape index (κ3) is 2.33. The van der Waals surface area contributed by atoms with Crippen molar-refractivity contribution in [3.05, 3.63) is 29.3 Å². The summed E-state index contributed by atoms with van der Waals surface area (Å²) in [6.07, 6.45) is -0.987. The standard InChI is InChI=1S/C15H16N2O5/c1-8(15(20)21)12-14(19)17(4-5-22-12)10-2-3-11-9(6-10)7-16-13(11)18/h2-3,6,8,12H,4-5,7H2,1H3,(H,16,18)(H,20,21). The van der Waals surface area contributed by atoms with Gasteiger partial charge in [0, 0.05) is 24.3 Å². The molecule has 0 saturated carbocycles. The summed E-state index contributed by atoms with van der Waals surface area (Å²) in [5.41, 5.74) is 2.11. The van der Waals surface area contributed by atoms with E-state index in [0.717, 1.165) is 5.56 Å². The van der Waals surface area contributed by atoms with Gasteiger partial charge in [0.25, 0.3) is 11.8 Å². The van der Waals surface area contributed by atoms with E-state index in [2.05, 4.69) is 5.32 Å². The van der Waals surface area contributed by atoms with Crippen molar-refractivity contribution < 1.29 is 24.2 Å². The molecule has 0 aliphatic carbocycles. The molecule has 2 unspecified atom stereocenters. The summed E-state index contributed by atoms with van der Waals surface area (Å²) < 4.78 is 5.34. The lowest BCUT2D eigenvalue weighted by Crippen LogP contribution is -2.51. The fourth-order valence-corrected chi connectivity index (χ4v) is 2.74. The highest BCUT2D eigenvalue weighted by Gasteiger charge is 2.38. The Hall–Kier alpha value is -2.41. The van der Waals surface area contributed by atoms with Gasteiger partial charge in [-0.25, -0.2) is 0 Å². The smallest absolute Gasteiger partial charge is 0.309 e. The number of benzene rings is 1. The molecule has 2 heterocycles. The van der Waals surface area contributed by atoms with Crippen LogP contribution in [0.25, 0.3) is 0 Å². The predicted octanol–water partition coefficient (Wildman–Crippen LogP) is 0.382. The van der Waals surface area contributed by atoms with Crippen LogP contribution in [0.15, 0.2) is 18.2 Å². The Labute approximate surface area is 126 Å². The number of nitrogens with zero attached hydrogens (tertiary/aromatic N) is 1. The van der Waals surface area contributed by atoms with Crippen LogP contribution in [0.5, 0.6) is 0 Å². The Morgan fingerprint density at radius 1 is 1.45 bits per heavy atom. The minimum absolute atomic E-state index is 0.118. The van der Waals surface area contributed by atoms with E-state index >= 15 is 0 Å². The second kappa shape index (κ2) is 5.42. The molecule has 3 rings (SSSR count). The monoisotopic (exact) mass is 304 g/mol. The normalized spacial score (nSPS) is 22.2. The molecule has 1 saturated heterocycles. The van der Waals surface area contributed by atoms with Gasteiger partial charge in [0.2, 0.25) is 0 Å². The number of anilines is 1. The van der Waals surface area contributed by atoms with Crippen molar-refractivity contribution in [2.24, 2.45) is 5.92 Å². The summed E-state index contributed by atoms with van der Waals surface area (Å²) in [5.74, 6) is -2.46. The number of nitrogens with one attached hydrogen (secondary N) is 1. The Balaban J connectivity index is 1.87. The van der Waals surface area contributed by atoms with E-state index in [4.69, 9.17) is 9.84 Å². The minimum atomic E-state index is -1.07. The maximum atomic E-state index is 12.5. The van der Waals surface area contributed by atoms with Crippen LogP contribution in [0.4, 0.5) is 5.69 Å². The molecule has 0 aromatic heterocycles. The molecule has 0 bridgehead atoms. The first-order chi connectivity index (χ1) is 10.5. The number of fused-ring (bicyclic) bond motifs is 1.